The number of para-hydroxylation sites is 2. The summed E-state index contributed by atoms with van der Waals surface area (Å²) in [5.74, 6) is -0.198. The summed E-state index contributed by atoms with van der Waals surface area (Å²) in [6.45, 7) is 5.38. The van der Waals surface area contributed by atoms with Crippen molar-refractivity contribution in [3.05, 3.63) is 24.3 Å². The summed E-state index contributed by atoms with van der Waals surface area (Å²) in [6, 6.07) is 7.66. The number of amides is 2. The van der Waals surface area contributed by atoms with Gasteiger partial charge in [0.15, 0.2) is 0 Å². The van der Waals surface area contributed by atoms with E-state index in [0.29, 0.717) is 13.1 Å². The van der Waals surface area contributed by atoms with Crippen LogP contribution in [0.1, 0.15) is 33.1 Å². The van der Waals surface area contributed by atoms with Gasteiger partial charge in [-0.05, 0) is 25.0 Å². The molecular formula is C15H20N2O2. The minimum Gasteiger partial charge on any atom is -0.310 e. The molecule has 2 rings (SSSR count). The first-order chi connectivity index (χ1) is 9.19. The van der Waals surface area contributed by atoms with E-state index in [9.17, 15) is 9.59 Å². The van der Waals surface area contributed by atoms with Crippen LogP contribution in [0.4, 0.5) is 11.4 Å². The Balaban J connectivity index is 2.49. The van der Waals surface area contributed by atoms with E-state index in [1.165, 1.54) is 0 Å². The number of hydrogen-bond acceptors (Lipinski definition) is 2. The first-order valence-corrected chi connectivity index (χ1v) is 6.88. The predicted molar refractivity (Wildman–Crippen MR) is 76.3 cm³/mol. The zero-order valence-corrected chi connectivity index (χ0v) is 11.6. The number of carbonyl (C=O) groups excluding carboxylic acids is 2. The molecule has 1 heterocycles. The summed E-state index contributed by atoms with van der Waals surface area (Å²) >= 11 is 0. The maximum Gasteiger partial charge on any atom is 0.236 e. The lowest BCUT2D eigenvalue weighted by molar-refractivity contribution is -0.126. The molecule has 0 radical (unpaired) electrons. The third kappa shape index (κ3) is 2.62. The number of benzene rings is 1. The highest BCUT2D eigenvalue weighted by molar-refractivity contribution is 6.15. The molecule has 1 aliphatic rings. The number of carbonyl (C=O) groups is 2. The molecule has 0 aliphatic carbocycles. The third-order valence-electron chi connectivity index (χ3n) is 3.26. The predicted octanol–water partition coefficient (Wildman–Crippen LogP) is 2.58. The van der Waals surface area contributed by atoms with Gasteiger partial charge in [0, 0.05) is 13.1 Å². The second kappa shape index (κ2) is 5.87. The molecule has 0 fully saturated rings. The van der Waals surface area contributed by atoms with Crippen molar-refractivity contribution in [3.63, 3.8) is 0 Å². The van der Waals surface area contributed by atoms with Gasteiger partial charge >= 0.3 is 0 Å². The summed E-state index contributed by atoms with van der Waals surface area (Å²) in [6.07, 6.45) is 1.72. The summed E-state index contributed by atoms with van der Waals surface area (Å²) in [4.78, 5) is 27.9. The second-order valence-corrected chi connectivity index (χ2v) is 4.76. The van der Waals surface area contributed by atoms with E-state index in [0.717, 1.165) is 24.2 Å². The Hall–Kier alpha value is -1.84. The van der Waals surface area contributed by atoms with E-state index in [4.69, 9.17) is 0 Å². The van der Waals surface area contributed by atoms with Gasteiger partial charge in [0.25, 0.3) is 0 Å². The molecule has 1 aromatic carbocycles. The topological polar surface area (TPSA) is 40.6 Å². The Morgan fingerprint density at radius 2 is 1.32 bits per heavy atom. The highest BCUT2D eigenvalue weighted by Gasteiger charge is 2.30. The van der Waals surface area contributed by atoms with Crippen molar-refractivity contribution in [2.75, 3.05) is 22.9 Å². The fourth-order valence-corrected chi connectivity index (χ4v) is 2.45. The summed E-state index contributed by atoms with van der Waals surface area (Å²) in [5.41, 5.74) is 1.71. The lowest BCUT2D eigenvalue weighted by atomic mass is 10.2. The largest absolute Gasteiger partial charge is 0.310 e. The van der Waals surface area contributed by atoms with Crippen LogP contribution in [-0.4, -0.2) is 24.9 Å². The van der Waals surface area contributed by atoms with E-state index < -0.39 is 0 Å². The van der Waals surface area contributed by atoms with Crippen LogP contribution < -0.4 is 9.80 Å². The SMILES string of the molecule is CCCN1C(=O)CC(=O)N(CCC)c2ccccc21. The van der Waals surface area contributed by atoms with E-state index >= 15 is 0 Å². The minimum atomic E-state index is -0.0992. The molecule has 19 heavy (non-hydrogen) atoms. The maximum absolute atomic E-state index is 12.2. The zero-order chi connectivity index (χ0) is 13.8. The smallest absolute Gasteiger partial charge is 0.236 e. The van der Waals surface area contributed by atoms with Crippen molar-refractivity contribution >= 4 is 23.2 Å². The number of rotatable bonds is 4. The van der Waals surface area contributed by atoms with Crippen molar-refractivity contribution < 1.29 is 9.59 Å². The number of nitrogens with zero attached hydrogens (tertiary/aromatic N) is 2. The van der Waals surface area contributed by atoms with E-state index in [2.05, 4.69) is 0 Å². The number of anilines is 2. The molecule has 0 atom stereocenters. The quantitative estimate of drug-likeness (QED) is 0.781. The molecule has 4 nitrogen and oxygen atoms in total. The van der Waals surface area contributed by atoms with Gasteiger partial charge < -0.3 is 9.80 Å². The van der Waals surface area contributed by atoms with E-state index in [-0.39, 0.29) is 18.2 Å². The first kappa shape index (κ1) is 13.6. The molecule has 4 heteroatoms. The second-order valence-electron chi connectivity index (χ2n) is 4.76. The fourth-order valence-electron chi connectivity index (χ4n) is 2.45. The van der Waals surface area contributed by atoms with Gasteiger partial charge in [0.05, 0.1) is 11.4 Å². The Labute approximate surface area is 114 Å². The van der Waals surface area contributed by atoms with Gasteiger partial charge in [-0.3, -0.25) is 9.59 Å². The molecular weight excluding hydrogens is 240 g/mol. The van der Waals surface area contributed by atoms with Crippen molar-refractivity contribution in [2.45, 2.75) is 33.1 Å². The lowest BCUT2D eigenvalue weighted by Gasteiger charge is -2.25. The third-order valence-corrected chi connectivity index (χ3v) is 3.26. The van der Waals surface area contributed by atoms with Crippen LogP contribution in [0.15, 0.2) is 24.3 Å². The number of hydrogen-bond donors (Lipinski definition) is 0. The summed E-state index contributed by atoms with van der Waals surface area (Å²) in [5, 5.41) is 0. The van der Waals surface area contributed by atoms with Crippen LogP contribution in [0.5, 0.6) is 0 Å². The monoisotopic (exact) mass is 260 g/mol. The lowest BCUT2D eigenvalue weighted by Crippen LogP contribution is -2.33. The molecule has 0 saturated carbocycles. The molecule has 1 aliphatic heterocycles. The Kier molecular flexibility index (Phi) is 4.20. The molecule has 1 aromatic rings. The van der Waals surface area contributed by atoms with Crippen LogP contribution >= 0.6 is 0 Å². The average Bonchev–Trinajstić information content (AvgIpc) is 2.50. The van der Waals surface area contributed by atoms with Crippen LogP contribution in [0.3, 0.4) is 0 Å². The summed E-state index contributed by atoms with van der Waals surface area (Å²) < 4.78 is 0. The van der Waals surface area contributed by atoms with Crippen molar-refractivity contribution in [1.82, 2.24) is 0 Å². The van der Waals surface area contributed by atoms with Crippen LogP contribution in [0.2, 0.25) is 0 Å². The van der Waals surface area contributed by atoms with Gasteiger partial charge in [-0.25, -0.2) is 0 Å². The van der Waals surface area contributed by atoms with Gasteiger partial charge in [-0.1, -0.05) is 26.0 Å². The molecule has 0 bridgehead atoms. The van der Waals surface area contributed by atoms with Gasteiger partial charge in [0.2, 0.25) is 11.8 Å². The van der Waals surface area contributed by atoms with Crippen LogP contribution in [0.25, 0.3) is 0 Å². The van der Waals surface area contributed by atoms with E-state index in [1.54, 1.807) is 9.80 Å². The van der Waals surface area contributed by atoms with Crippen molar-refractivity contribution in [1.29, 1.82) is 0 Å². The highest BCUT2D eigenvalue weighted by Crippen LogP contribution is 2.33. The van der Waals surface area contributed by atoms with Crippen LogP contribution in [-0.2, 0) is 9.59 Å². The van der Waals surface area contributed by atoms with Crippen LogP contribution in [0, 0.1) is 0 Å². The first-order valence-electron chi connectivity index (χ1n) is 6.88. The minimum absolute atomic E-state index is 0.0331. The van der Waals surface area contributed by atoms with E-state index in [1.807, 2.05) is 38.1 Å². The molecule has 0 spiro atoms. The van der Waals surface area contributed by atoms with Gasteiger partial charge in [0.1, 0.15) is 6.42 Å². The summed E-state index contributed by atoms with van der Waals surface area (Å²) in [7, 11) is 0. The Morgan fingerprint density at radius 1 is 0.895 bits per heavy atom. The molecule has 102 valence electrons. The fraction of sp³-hybridized carbons (Fsp3) is 0.467. The molecule has 2 amide bonds. The Bertz CT molecular complexity index is 442. The van der Waals surface area contributed by atoms with Crippen molar-refractivity contribution in [2.24, 2.45) is 0 Å². The molecule has 0 aromatic heterocycles. The highest BCUT2D eigenvalue weighted by atomic mass is 16.2. The van der Waals surface area contributed by atoms with Gasteiger partial charge in [-0.2, -0.15) is 0 Å². The van der Waals surface area contributed by atoms with Gasteiger partial charge in [-0.15, -0.1) is 0 Å². The zero-order valence-electron chi connectivity index (χ0n) is 11.6. The molecule has 0 unspecified atom stereocenters. The normalized spacial score (nSPS) is 15.5. The maximum atomic E-state index is 12.2. The molecule has 0 saturated heterocycles. The molecule has 0 N–H and O–H groups in total. The van der Waals surface area contributed by atoms with Crippen molar-refractivity contribution in [3.8, 4) is 0 Å². The standard InChI is InChI=1S/C15H20N2O2/c1-3-9-16-12-7-5-6-8-13(12)17(10-4-2)15(19)11-14(16)18/h5-8H,3-4,9-11H2,1-2H3. The number of fused-ring (bicyclic) bond motifs is 1. The average molecular weight is 260 g/mol. The Morgan fingerprint density at radius 3 is 1.68 bits per heavy atom.